The third-order valence-electron chi connectivity index (χ3n) is 2.80. The third-order valence-corrected chi connectivity index (χ3v) is 4.36. The number of hydrogen-bond acceptors (Lipinski definition) is 4. The molecule has 0 aliphatic carbocycles. The molecule has 1 heterocycles. The van der Waals surface area contributed by atoms with Crippen LogP contribution in [-0.4, -0.2) is 16.9 Å². The predicted molar refractivity (Wildman–Crippen MR) is 85.5 cm³/mol. The smallest absolute Gasteiger partial charge is 0.237 e. The van der Waals surface area contributed by atoms with Crippen LogP contribution in [0.1, 0.15) is 24.9 Å². The molecule has 1 unspecified atom stereocenters. The highest BCUT2D eigenvalue weighted by atomic mass is 79.9. The van der Waals surface area contributed by atoms with Crippen molar-refractivity contribution in [1.82, 2.24) is 10.3 Å². The highest BCUT2D eigenvalue weighted by molar-refractivity contribution is 9.10. The minimum absolute atomic E-state index is 0.136. The fourth-order valence-electron chi connectivity index (χ4n) is 1.65. The highest BCUT2D eigenvalue weighted by Gasteiger charge is 2.16. The second-order valence-corrected chi connectivity index (χ2v) is 6.40. The molecule has 0 fully saturated rings. The lowest BCUT2D eigenvalue weighted by molar-refractivity contribution is -0.122. The molecule has 0 aliphatic rings. The zero-order chi connectivity index (χ0) is 14.7. The van der Waals surface area contributed by atoms with E-state index >= 15 is 0 Å². The van der Waals surface area contributed by atoms with E-state index in [0.29, 0.717) is 0 Å². The average molecular weight is 354 g/mol. The van der Waals surface area contributed by atoms with Gasteiger partial charge in [0.2, 0.25) is 5.91 Å². The van der Waals surface area contributed by atoms with Crippen molar-refractivity contribution < 1.29 is 4.79 Å². The zero-order valence-corrected chi connectivity index (χ0v) is 13.7. The highest BCUT2D eigenvalue weighted by Crippen LogP contribution is 2.26. The first-order valence-corrected chi connectivity index (χ1v) is 7.92. The lowest BCUT2D eigenvalue weighted by atomic mass is 10.2. The number of carbonyl (C=O) groups excluding carboxylic acids is 1. The van der Waals surface area contributed by atoms with Crippen LogP contribution in [0.4, 0.5) is 0 Å². The van der Waals surface area contributed by atoms with E-state index in [1.165, 1.54) is 11.3 Å². The van der Waals surface area contributed by atoms with Crippen LogP contribution in [-0.2, 0) is 4.79 Å². The molecule has 0 aliphatic heterocycles. The second kappa shape index (κ2) is 6.47. The Hall–Kier alpha value is -1.24. The molecule has 3 N–H and O–H groups in total. The van der Waals surface area contributed by atoms with Gasteiger partial charge in [0.25, 0.3) is 0 Å². The second-order valence-electron chi connectivity index (χ2n) is 4.60. The maximum Gasteiger partial charge on any atom is 0.237 e. The number of benzene rings is 1. The number of halogens is 1. The molecule has 2 rings (SSSR count). The maximum absolute atomic E-state index is 11.6. The van der Waals surface area contributed by atoms with Gasteiger partial charge in [0.1, 0.15) is 5.01 Å². The molecule has 0 radical (unpaired) electrons. The van der Waals surface area contributed by atoms with Gasteiger partial charge in [-0.05, 0) is 26.0 Å². The van der Waals surface area contributed by atoms with E-state index < -0.39 is 6.04 Å². The Labute approximate surface area is 130 Å². The molecule has 2 atom stereocenters. The molecule has 2 aromatic rings. The number of carbonyl (C=O) groups is 1. The average Bonchev–Trinajstić information content (AvgIpc) is 2.89. The largest absolute Gasteiger partial charge is 0.346 e. The molecule has 0 saturated heterocycles. The number of amides is 1. The van der Waals surface area contributed by atoms with Crippen LogP contribution in [0, 0.1) is 0 Å². The summed E-state index contributed by atoms with van der Waals surface area (Å²) in [6.07, 6.45) is 0. The summed E-state index contributed by atoms with van der Waals surface area (Å²) in [4.78, 5) is 16.1. The normalized spacial score (nSPS) is 13.8. The van der Waals surface area contributed by atoms with Crippen molar-refractivity contribution in [3.63, 3.8) is 0 Å². The van der Waals surface area contributed by atoms with E-state index in [2.05, 4.69) is 26.2 Å². The summed E-state index contributed by atoms with van der Waals surface area (Å²) in [5, 5.41) is 5.71. The third kappa shape index (κ3) is 3.65. The van der Waals surface area contributed by atoms with Gasteiger partial charge in [0.05, 0.1) is 17.8 Å². The molecule has 6 heteroatoms. The Morgan fingerprint density at radius 1 is 1.35 bits per heavy atom. The molecule has 0 spiro atoms. The summed E-state index contributed by atoms with van der Waals surface area (Å²) in [6.45, 7) is 3.57. The van der Waals surface area contributed by atoms with Crippen molar-refractivity contribution in [2.75, 3.05) is 0 Å². The maximum atomic E-state index is 11.6. The number of nitrogens with one attached hydrogen (secondary N) is 1. The Kier molecular flexibility index (Phi) is 4.91. The lowest BCUT2D eigenvalue weighted by Crippen LogP contribution is -2.39. The summed E-state index contributed by atoms with van der Waals surface area (Å²) in [5.74, 6) is -0.169. The number of nitrogens with two attached hydrogens (primary N) is 1. The van der Waals surface area contributed by atoms with E-state index in [-0.39, 0.29) is 11.9 Å². The van der Waals surface area contributed by atoms with E-state index in [1.807, 2.05) is 36.6 Å². The molecule has 106 valence electrons. The molecule has 1 aromatic heterocycles. The Morgan fingerprint density at radius 3 is 2.60 bits per heavy atom. The minimum atomic E-state index is -0.511. The molecular formula is C14H16BrN3OS. The summed E-state index contributed by atoms with van der Waals surface area (Å²) in [6, 6.07) is 7.33. The van der Waals surface area contributed by atoms with Crippen LogP contribution in [0.5, 0.6) is 0 Å². The summed E-state index contributed by atoms with van der Waals surface area (Å²) < 4.78 is 1.04. The molecule has 4 nitrogen and oxygen atoms in total. The van der Waals surface area contributed by atoms with E-state index in [4.69, 9.17) is 5.73 Å². The number of hydrogen-bond donors (Lipinski definition) is 2. The first-order valence-electron chi connectivity index (χ1n) is 6.24. The van der Waals surface area contributed by atoms with Gasteiger partial charge < -0.3 is 11.1 Å². The molecule has 1 amide bonds. The summed E-state index contributed by atoms with van der Waals surface area (Å²) in [7, 11) is 0. The van der Waals surface area contributed by atoms with Gasteiger partial charge in [-0.25, -0.2) is 4.98 Å². The molecule has 0 saturated carbocycles. The molecule has 0 bridgehead atoms. The van der Waals surface area contributed by atoms with Crippen molar-refractivity contribution in [3.8, 4) is 11.3 Å². The summed E-state index contributed by atoms with van der Waals surface area (Å²) in [5.41, 5.74) is 7.51. The number of nitrogens with zero attached hydrogens (tertiary/aromatic N) is 1. The van der Waals surface area contributed by atoms with Crippen molar-refractivity contribution in [3.05, 3.63) is 39.1 Å². The van der Waals surface area contributed by atoms with Crippen LogP contribution in [0.3, 0.4) is 0 Å². The Balaban J connectivity index is 2.12. The van der Waals surface area contributed by atoms with Crippen molar-refractivity contribution in [2.24, 2.45) is 5.73 Å². The number of thiazole rings is 1. The van der Waals surface area contributed by atoms with Crippen LogP contribution >= 0.6 is 27.3 Å². The predicted octanol–water partition coefficient (Wildman–Crippen LogP) is 3.10. The fraction of sp³-hybridized carbons (Fsp3) is 0.286. The van der Waals surface area contributed by atoms with Crippen molar-refractivity contribution in [1.29, 1.82) is 0 Å². The van der Waals surface area contributed by atoms with Gasteiger partial charge in [-0.2, -0.15) is 0 Å². The zero-order valence-electron chi connectivity index (χ0n) is 11.3. The van der Waals surface area contributed by atoms with E-state index in [9.17, 15) is 4.79 Å². The van der Waals surface area contributed by atoms with E-state index in [1.54, 1.807) is 6.92 Å². The minimum Gasteiger partial charge on any atom is -0.346 e. The number of rotatable bonds is 4. The molecule has 20 heavy (non-hydrogen) atoms. The van der Waals surface area contributed by atoms with Crippen molar-refractivity contribution >= 4 is 33.2 Å². The standard InChI is InChI=1S/C14H16BrN3OS/c1-8(16)13(19)17-9(2)14-18-12(7-20-14)10-3-5-11(15)6-4-10/h3-9H,16H2,1-2H3,(H,17,19)/t8-,9?/m1/s1. The van der Waals surface area contributed by atoms with E-state index in [0.717, 1.165) is 20.7 Å². The molecular weight excluding hydrogens is 338 g/mol. The van der Waals surface area contributed by atoms with Crippen LogP contribution in [0.25, 0.3) is 11.3 Å². The quantitative estimate of drug-likeness (QED) is 0.887. The monoisotopic (exact) mass is 353 g/mol. The van der Waals surface area contributed by atoms with Gasteiger partial charge in [-0.1, -0.05) is 28.1 Å². The van der Waals surface area contributed by atoms with Gasteiger partial charge in [-0.3, -0.25) is 4.79 Å². The van der Waals surface area contributed by atoms with Crippen LogP contribution in [0.15, 0.2) is 34.1 Å². The first kappa shape index (κ1) is 15.2. The van der Waals surface area contributed by atoms with Crippen LogP contribution in [0.2, 0.25) is 0 Å². The SMILES string of the molecule is CC(NC(=O)[C@@H](C)N)c1nc(-c2ccc(Br)cc2)cs1. The van der Waals surface area contributed by atoms with Gasteiger partial charge in [0, 0.05) is 15.4 Å². The van der Waals surface area contributed by atoms with Gasteiger partial charge in [-0.15, -0.1) is 11.3 Å². The fourth-order valence-corrected chi connectivity index (χ4v) is 2.75. The first-order chi connectivity index (χ1) is 9.47. The topological polar surface area (TPSA) is 68.0 Å². The van der Waals surface area contributed by atoms with Crippen molar-refractivity contribution in [2.45, 2.75) is 25.9 Å². The van der Waals surface area contributed by atoms with Crippen LogP contribution < -0.4 is 11.1 Å². The molecule has 1 aromatic carbocycles. The Bertz CT molecular complexity index is 595. The number of aromatic nitrogens is 1. The van der Waals surface area contributed by atoms with Gasteiger partial charge in [0.15, 0.2) is 0 Å². The van der Waals surface area contributed by atoms with Gasteiger partial charge >= 0.3 is 0 Å². The lowest BCUT2D eigenvalue weighted by Gasteiger charge is -2.12. The Morgan fingerprint density at radius 2 is 2.00 bits per heavy atom. The summed E-state index contributed by atoms with van der Waals surface area (Å²) >= 11 is 4.94.